The average molecular weight is 186 g/mol. The molecule has 5 heteroatoms. The Kier molecular flexibility index (Phi) is 2.56. The normalized spacial score (nSPS) is 27.7. The Morgan fingerprint density at radius 2 is 2.23 bits per heavy atom. The third-order valence-electron chi connectivity index (χ3n) is 2.52. The molecule has 0 saturated carbocycles. The van der Waals surface area contributed by atoms with E-state index in [1.807, 2.05) is 6.92 Å². The molecule has 74 valence electrons. The number of hydrogen-bond donors (Lipinski definition) is 2. The van der Waals surface area contributed by atoms with Crippen LogP contribution in [0.25, 0.3) is 0 Å². The van der Waals surface area contributed by atoms with E-state index in [1.165, 1.54) is 4.90 Å². The summed E-state index contributed by atoms with van der Waals surface area (Å²) in [4.78, 5) is 22.7. The third kappa shape index (κ3) is 1.98. The van der Waals surface area contributed by atoms with Crippen LogP contribution in [0, 0.1) is 5.41 Å². The van der Waals surface area contributed by atoms with Gasteiger partial charge >= 0.3 is 11.9 Å². The quantitative estimate of drug-likeness (QED) is 0.529. The maximum absolute atomic E-state index is 11.0. The summed E-state index contributed by atoms with van der Waals surface area (Å²) in [6, 6.07) is 0. The Labute approximate surface area is 76.5 Å². The molecule has 1 rings (SSSR count). The highest BCUT2D eigenvalue weighted by molar-refractivity contribution is 6.31. The van der Waals surface area contributed by atoms with Gasteiger partial charge in [-0.05, 0) is 18.4 Å². The molecule has 0 spiro atoms. The van der Waals surface area contributed by atoms with Crippen LogP contribution in [0.1, 0.15) is 13.3 Å². The first-order valence-electron chi connectivity index (χ1n) is 4.21. The van der Waals surface area contributed by atoms with Crippen molar-refractivity contribution in [1.82, 2.24) is 4.90 Å². The van der Waals surface area contributed by atoms with Crippen LogP contribution in [-0.4, -0.2) is 41.5 Å². The van der Waals surface area contributed by atoms with Crippen molar-refractivity contribution < 1.29 is 14.7 Å². The van der Waals surface area contributed by atoms with Gasteiger partial charge in [-0.15, -0.1) is 0 Å². The van der Waals surface area contributed by atoms with Crippen LogP contribution in [0.15, 0.2) is 0 Å². The maximum atomic E-state index is 11.0. The number of likely N-dealkylation sites (tertiary alicyclic amines) is 1. The first kappa shape index (κ1) is 9.98. The molecule has 0 bridgehead atoms. The Bertz CT molecular complexity index is 242. The third-order valence-corrected chi connectivity index (χ3v) is 2.52. The van der Waals surface area contributed by atoms with E-state index in [-0.39, 0.29) is 5.41 Å². The predicted molar refractivity (Wildman–Crippen MR) is 46.0 cm³/mol. The van der Waals surface area contributed by atoms with Crippen LogP contribution in [0.4, 0.5) is 0 Å². The van der Waals surface area contributed by atoms with Crippen molar-refractivity contribution in [3.05, 3.63) is 0 Å². The number of carboxylic acid groups (broad SMARTS) is 1. The van der Waals surface area contributed by atoms with Crippen LogP contribution in [0.3, 0.4) is 0 Å². The molecule has 0 aromatic heterocycles. The van der Waals surface area contributed by atoms with Crippen LogP contribution < -0.4 is 5.73 Å². The maximum Gasteiger partial charge on any atom is 0.394 e. The van der Waals surface area contributed by atoms with E-state index in [0.29, 0.717) is 19.6 Å². The lowest BCUT2D eigenvalue weighted by Gasteiger charge is -2.21. The summed E-state index contributed by atoms with van der Waals surface area (Å²) in [6.45, 7) is 3.39. The second kappa shape index (κ2) is 3.33. The topological polar surface area (TPSA) is 83.6 Å². The fourth-order valence-corrected chi connectivity index (χ4v) is 1.50. The molecule has 3 N–H and O–H groups in total. The van der Waals surface area contributed by atoms with E-state index < -0.39 is 11.9 Å². The van der Waals surface area contributed by atoms with Gasteiger partial charge in [0.1, 0.15) is 0 Å². The highest BCUT2D eigenvalue weighted by Crippen LogP contribution is 2.28. The minimum atomic E-state index is -1.39. The lowest BCUT2D eigenvalue weighted by Crippen LogP contribution is -2.37. The van der Waals surface area contributed by atoms with Crippen molar-refractivity contribution >= 4 is 11.9 Å². The first-order valence-corrected chi connectivity index (χ1v) is 4.21. The van der Waals surface area contributed by atoms with E-state index in [0.717, 1.165) is 6.42 Å². The molecule has 0 aromatic carbocycles. The second-order valence-corrected chi connectivity index (χ2v) is 3.80. The highest BCUT2D eigenvalue weighted by Gasteiger charge is 2.36. The summed E-state index contributed by atoms with van der Waals surface area (Å²) >= 11 is 0. The van der Waals surface area contributed by atoms with Crippen molar-refractivity contribution in [3.63, 3.8) is 0 Å². The Morgan fingerprint density at radius 3 is 2.62 bits per heavy atom. The number of carbonyl (C=O) groups is 2. The number of hydrogen-bond acceptors (Lipinski definition) is 3. The van der Waals surface area contributed by atoms with Crippen molar-refractivity contribution in [1.29, 1.82) is 0 Å². The highest BCUT2D eigenvalue weighted by atomic mass is 16.4. The van der Waals surface area contributed by atoms with Crippen LogP contribution in [-0.2, 0) is 9.59 Å². The van der Waals surface area contributed by atoms with E-state index in [4.69, 9.17) is 10.8 Å². The molecule has 1 fully saturated rings. The Balaban J connectivity index is 2.60. The molecular formula is C8H14N2O3. The van der Waals surface area contributed by atoms with Crippen LogP contribution in [0.5, 0.6) is 0 Å². The molecule has 1 saturated heterocycles. The van der Waals surface area contributed by atoms with Gasteiger partial charge in [0, 0.05) is 13.1 Å². The molecule has 0 aromatic rings. The Morgan fingerprint density at radius 1 is 1.62 bits per heavy atom. The van der Waals surface area contributed by atoms with Crippen LogP contribution in [0.2, 0.25) is 0 Å². The van der Waals surface area contributed by atoms with Gasteiger partial charge in [0.25, 0.3) is 0 Å². The zero-order valence-corrected chi connectivity index (χ0v) is 7.62. The number of amides is 1. The summed E-state index contributed by atoms with van der Waals surface area (Å²) in [5, 5.41) is 8.46. The zero-order valence-electron chi connectivity index (χ0n) is 7.62. The number of carboxylic acids is 1. The molecule has 1 heterocycles. The molecule has 0 aliphatic carbocycles. The minimum Gasteiger partial charge on any atom is -0.474 e. The van der Waals surface area contributed by atoms with Gasteiger partial charge in [-0.2, -0.15) is 0 Å². The summed E-state index contributed by atoms with van der Waals surface area (Å²) in [5.74, 6) is -2.21. The van der Waals surface area contributed by atoms with E-state index in [9.17, 15) is 9.59 Å². The number of nitrogens with zero attached hydrogens (tertiary/aromatic N) is 1. The fourth-order valence-electron chi connectivity index (χ4n) is 1.50. The molecule has 1 aliphatic heterocycles. The van der Waals surface area contributed by atoms with Crippen LogP contribution >= 0.6 is 0 Å². The number of aliphatic carboxylic acids is 1. The summed E-state index contributed by atoms with van der Waals surface area (Å²) in [6.07, 6.45) is 0.780. The molecule has 1 atom stereocenters. The Hall–Kier alpha value is -1.10. The van der Waals surface area contributed by atoms with Gasteiger partial charge in [0.05, 0.1) is 0 Å². The SMILES string of the molecule is CC1(CN)CCN(C(=O)C(=O)O)C1. The fraction of sp³-hybridized carbons (Fsp3) is 0.750. The van der Waals surface area contributed by atoms with E-state index >= 15 is 0 Å². The lowest BCUT2D eigenvalue weighted by atomic mass is 9.90. The van der Waals surface area contributed by atoms with Gasteiger partial charge in [0.15, 0.2) is 0 Å². The largest absolute Gasteiger partial charge is 0.474 e. The summed E-state index contributed by atoms with van der Waals surface area (Å²) in [5.41, 5.74) is 5.42. The molecule has 1 unspecified atom stereocenters. The molecule has 0 radical (unpaired) electrons. The minimum absolute atomic E-state index is 0.106. The predicted octanol–water partition coefficient (Wildman–Crippen LogP) is -0.732. The standard InChI is InChI=1S/C8H14N2O3/c1-8(4-9)2-3-10(5-8)6(11)7(12)13/h2-5,9H2,1H3,(H,12,13). The summed E-state index contributed by atoms with van der Waals surface area (Å²) < 4.78 is 0. The molecular weight excluding hydrogens is 172 g/mol. The first-order chi connectivity index (χ1) is 5.98. The number of carbonyl (C=O) groups excluding carboxylic acids is 1. The van der Waals surface area contributed by atoms with Crippen molar-refractivity contribution in [2.75, 3.05) is 19.6 Å². The second-order valence-electron chi connectivity index (χ2n) is 3.80. The van der Waals surface area contributed by atoms with Gasteiger partial charge < -0.3 is 15.7 Å². The van der Waals surface area contributed by atoms with Gasteiger partial charge in [-0.1, -0.05) is 6.92 Å². The van der Waals surface area contributed by atoms with Crippen molar-refractivity contribution in [2.24, 2.45) is 11.1 Å². The molecule has 1 amide bonds. The monoisotopic (exact) mass is 186 g/mol. The average Bonchev–Trinajstić information content (AvgIpc) is 2.47. The zero-order chi connectivity index (χ0) is 10.1. The van der Waals surface area contributed by atoms with Gasteiger partial charge in [0.2, 0.25) is 0 Å². The smallest absolute Gasteiger partial charge is 0.394 e. The van der Waals surface area contributed by atoms with E-state index in [1.54, 1.807) is 0 Å². The van der Waals surface area contributed by atoms with Gasteiger partial charge in [-0.25, -0.2) is 4.79 Å². The van der Waals surface area contributed by atoms with Gasteiger partial charge in [-0.3, -0.25) is 4.79 Å². The number of rotatable bonds is 1. The lowest BCUT2D eigenvalue weighted by molar-refractivity contribution is -0.155. The van der Waals surface area contributed by atoms with Crippen molar-refractivity contribution in [3.8, 4) is 0 Å². The van der Waals surface area contributed by atoms with E-state index in [2.05, 4.69) is 0 Å². The molecule has 13 heavy (non-hydrogen) atoms. The number of nitrogens with two attached hydrogens (primary N) is 1. The van der Waals surface area contributed by atoms with Crippen molar-refractivity contribution in [2.45, 2.75) is 13.3 Å². The molecule has 1 aliphatic rings. The summed E-state index contributed by atoms with van der Waals surface area (Å²) in [7, 11) is 0. The molecule has 5 nitrogen and oxygen atoms in total.